The van der Waals surface area contributed by atoms with E-state index in [4.69, 9.17) is 4.74 Å². The van der Waals surface area contributed by atoms with Gasteiger partial charge in [0.2, 0.25) is 0 Å². The van der Waals surface area contributed by atoms with E-state index < -0.39 is 0 Å². The number of hydrogen-bond acceptors (Lipinski definition) is 4. The minimum absolute atomic E-state index is 0.0563. The van der Waals surface area contributed by atoms with Crippen LogP contribution in [0.4, 0.5) is 5.82 Å². The van der Waals surface area contributed by atoms with Gasteiger partial charge in [-0.3, -0.25) is 0 Å². The van der Waals surface area contributed by atoms with E-state index >= 15 is 0 Å². The van der Waals surface area contributed by atoms with Crippen molar-refractivity contribution in [3.8, 4) is 0 Å². The van der Waals surface area contributed by atoms with Crippen molar-refractivity contribution < 1.29 is 4.74 Å². The number of ether oxygens (including phenoxy) is 1. The average Bonchev–Trinajstić information content (AvgIpc) is 2.27. The van der Waals surface area contributed by atoms with Gasteiger partial charge in [0.25, 0.3) is 0 Å². The number of aromatic nitrogens is 2. The van der Waals surface area contributed by atoms with Gasteiger partial charge in [-0.15, -0.1) is 0 Å². The van der Waals surface area contributed by atoms with E-state index in [0.717, 1.165) is 29.4 Å². The Morgan fingerprint density at radius 1 is 1.33 bits per heavy atom. The summed E-state index contributed by atoms with van der Waals surface area (Å²) >= 11 is 3.45. The Morgan fingerprint density at radius 3 is 2.56 bits per heavy atom. The van der Waals surface area contributed by atoms with Crippen molar-refractivity contribution in [3.63, 3.8) is 0 Å². The maximum atomic E-state index is 5.36. The van der Waals surface area contributed by atoms with Gasteiger partial charge in [-0.1, -0.05) is 20.8 Å². The lowest BCUT2D eigenvalue weighted by molar-refractivity contribution is 0.154. The van der Waals surface area contributed by atoms with Crippen molar-refractivity contribution in [1.29, 1.82) is 0 Å². The Morgan fingerprint density at radius 2 is 2.00 bits per heavy atom. The van der Waals surface area contributed by atoms with Gasteiger partial charge < -0.3 is 9.64 Å². The van der Waals surface area contributed by atoms with Gasteiger partial charge in [0.1, 0.15) is 16.2 Å². The zero-order valence-electron chi connectivity index (χ0n) is 11.8. The third-order valence-electron chi connectivity index (χ3n) is 2.52. The second-order valence-electron chi connectivity index (χ2n) is 5.24. The molecule has 102 valence electrons. The molecule has 5 heteroatoms. The third-order valence-corrected chi connectivity index (χ3v) is 2.92. The molecule has 0 unspecified atom stereocenters. The third kappa shape index (κ3) is 4.53. The van der Waals surface area contributed by atoms with Crippen LogP contribution in [0.15, 0.2) is 10.7 Å². The van der Waals surface area contributed by atoms with Crippen LogP contribution in [-0.4, -0.2) is 36.8 Å². The van der Waals surface area contributed by atoms with Gasteiger partial charge in [-0.2, -0.15) is 0 Å². The molecule has 0 aromatic carbocycles. The summed E-state index contributed by atoms with van der Waals surface area (Å²) in [5.41, 5.74) is -0.0563. The molecule has 0 spiro atoms. The summed E-state index contributed by atoms with van der Waals surface area (Å²) in [7, 11) is 2.01. The minimum atomic E-state index is -0.0563. The number of hydrogen-bond donors (Lipinski definition) is 0. The van der Waals surface area contributed by atoms with Crippen LogP contribution in [-0.2, 0) is 10.2 Å². The lowest BCUT2D eigenvalue weighted by Gasteiger charge is -2.22. The molecule has 0 N–H and O–H groups in total. The van der Waals surface area contributed by atoms with Gasteiger partial charge in [-0.25, -0.2) is 9.97 Å². The van der Waals surface area contributed by atoms with Crippen molar-refractivity contribution in [3.05, 3.63) is 16.5 Å². The molecule has 1 rings (SSSR count). The maximum absolute atomic E-state index is 5.36. The monoisotopic (exact) mass is 315 g/mol. The van der Waals surface area contributed by atoms with Gasteiger partial charge in [0.15, 0.2) is 0 Å². The number of halogens is 1. The summed E-state index contributed by atoms with van der Waals surface area (Å²) in [6, 6.07) is 1.93. The van der Waals surface area contributed by atoms with Gasteiger partial charge in [0.05, 0.1) is 6.61 Å². The molecule has 1 heterocycles. The summed E-state index contributed by atoms with van der Waals surface area (Å²) in [6.07, 6.45) is 0. The van der Waals surface area contributed by atoms with Crippen molar-refractivity contribution in [2.24, 2.45) is 0 Å². The summed E-state index contributed by atoms with van der Waals surface area (Å²) < 4.78 is 6.18. The van der Waals surface area contributed by atoms with E-state index in [1.54, 1.807) is 0 Å². The quantitative estimate of drug-likeness (QED) is 0.618. The normalized spacial score (nSPS) is 11.7. The van der Waals surface area contributed by atoms with Crippen LogP contribution >= 0.6 is 15.9 Å². The SMILES string of the molecule is CCOCCN(C)c1cc(Br)nc(C(C)(C)C)n1. The van der Waals surface area contributed by atoms with Gasteiger partial charge in [-0.05, 0) is 22.9 Å². The average molecular weight is 316 g/mol. The highest BCUT2D eigenvalue weighted by molar-refractivity contribution is 9.10. The molecule has 0 saturated heterocycles. The highest BCUT2D eigenvalue weighted by atomic mass is 79.9. The molecule has 1 aromatic heterocycles. The van der Waals surface area contributed by atoms with E-state index in [1.165, 1.54) is 0 Å². The van der Waals surface area contributed by atoms with E-state index in [2.05, 4.69) is 51.6 Å². The second kappa shape index (κ2) is 6.48. The van der Waals surface area contributed by atoms with Gasteiger partial charge in [0, 0.05) is 31.7 Å². The van der Waals surface area contributed by atoms with Crippen molar-refractivity contribution in [2.75, 3.05) is 31.7 Å². The molecule has 0 radical (unpaired) electrons. The molecule has 0 aliphatic rings. The molecule has 0 fully saturated rings. The highest BCUT2D eigenvalue weighted by Gasteiger charge is 2.19. The fourth-order valence-corrected chi connectivity index (χ4v) is 1.77. The van der Waals surface area contributed by atoms with Crippen molar-refractivity contribution >= 4 is 21.7 Å². The molecule has 0 aliphatic heterocycles. The lowest BCUT2D eigenvalue weighted by Crippen LogP contribution is -2.25. The zero-order chi connectivity index (χ0) is 13.8. The maximum Gasteiger partial charge on any atom is 0.137 e. The fraction of sp³-hybridized carbons (Fsp3) is 0.692. The molecule has 0 bridgehead atoms. The predicted octanol–water partition coefficient (Wildman–Crippen LogP) is 3.01. The first-order valence-electron chi connectivity index (χ1n) is 6.18. The Hall–Kier alpha value is -0.680. The lowest BCUT2D eigenvalue weighted by atomic mass is 9.96. The largest absolute Gasteiger partial charge is 0.380 e. The molecule has 18 heavy (non-hydrogen) atoms. The number of likely N-dealkylation sites (N-methyl/N-ethyl adjacent to an activating group) is 1. The van der Waals surface area contributed by atoms with E-state index in [1.807, 2.05) is 20.0 Å². The number of nitrogens with zero attached hydrogens (tertiary/aromatic N) is 3. The van der Waals surface area contributed by atoms with Crippen LogP contribution in [0.25, 0.3) is 0 Å². The second-order valence-corrected chi connectivity index (χ2v) is 6.05. The summed E-state index contributed by atoms with van der Waals surface area (Å²) in [4.78, 5) is 11.1. The molecule has 0 atom stereocenters. The standard InChI is InChI=1S/C13H22BrN3O/c1-6-18-8-7-17(5)11-9-10(14)15-12(16-11)13(2,3)4/h9H,6-8H2,1-5H3. The minimum Gasteiger partial charge on any atom is -0.380 e. The Kier molecular flexibility index (Phi) is 5.53. The molecular weight excluding hydrogens is 294 g/mol. The predicted molar refractivity (Wildman–Crippen MR) is 78.2 cm³/mol. The van der Waals surface area contributed by atoms with Crippen molar-refractivity contribution in [2.45, 2.75) is 33.1 Å². The van der Waals surface area contributed by atoms with E-state index in [0.29, 0.717) is 6.61 Å². The first kappa shape index (κ1) is 15.4. The first-order valence-corrected chi connectivity index (χ1v) is 6.98. The fourth-order valence-electron chi connectivity index (χ4n) is 1.40. The van der Waals surface area contributed by atoms with Crippen LogP contribution in [0.5, 0.6) is 0 Å². The Balaban J connectivity index is 2.85. The van der Waals surface area contributed by atoms with Crippen LogP contribution < -0.4 is 4.90 Å². The molecular formula is C13H22BrN3O. The first-order chi connectivity index (χ1) is 8.34. The summed E-state index contributed by atoms with van der Waals surface area (Å²) in [5, 5.41) is 0. The molecule has 0 saturated carbocycles. The van der Waals surface area contributed by atoms with Crippen LogP contribution in [0.2, 0.25) is 0 Å². The van der Waals surface area contributed by atoms with Crippen LogP contribution in [0.3, 0.4) is 0 Å². The zero-order valence-corrected chi connectivity index (χ0v) is 13.4. The number of rotatable bonds is 5. The van der Waals surface area contributed by atoms with Crippen LogP contribution in [0.1, 0.15) is 33.5 Å². The van der Waals surface area contributed by atoms with Gasteiger partial charge >= 0.3 is 0 Å². The highest BCUT2D eigenvalue weighted by Crippen LogP contribution is 2.23. The summed E-state index contributed by atoms with van der Waals surface area (Å²) in [5.74, 6) is 1.76. The Labute approximate surface area is 118 Å². The van der Waals surface area contributed by atoms with Crippen LogP contribution in [0, 0.1) is 0 Å². The molecule has 1 aromatic rings. The molecule has 0 aliphatic carbocycles. The Bertz CT molecular complexity index is 390. The summed E-state index contributed by atoms with van der Waals surface area (Å²) in [6.45, 7) is 10.6. The molecule has 0 amide bonds. The number of anilines is 1. The van der Waals surface area contributed by atoms with E-state index in [9.17, 15) is 0 Å². The topological polar surface area (TPSA) is 38.2 Å². The smallest absolute Gasteiger partial charge is 0.137 e. The van der Waals surface area contributed by atoms with Crippen molar-refractivity contribution in [1.82, 2.24) is 9.97 Å². The molecule has 4 nitrogen and oxygen atoms in total. The van der Waals surface area contributed by atoms with E-state index in [-0.39, 0.29) is 5.41 Å².